The van der Waals surface area contributed by atoms with Gasteiger partial charge in [0, 0.05) is 5.56 Å². The Morgan fingerprint density at radius 3 is 2.45 bits per heavy atom. The van der Waals surface area contributed by atoms with E-state index < -0.39 is 5.97 Å². The average Bonchev–Trinajstić information content (AvgIpc) is 2.83. The summed E-state index contributed by atoms with van der Waals surface area (Å²) in [6.07, 6.45) is 1.44. The van der Waals surface area contributed by atoms with Crippen molar-refractivity contribution in [3.63, 3.8) is 0 Å². The summed E-state index contributed by atoms with van der Waals surface area (Å²) in [4.78, 5) is 15.5. The van der Waals surface area contributed by atoms with Gasteiger partial charge in [0.25, 0.3) is 0 Å². The highest BCUT2D eigenvalue weighted by Gasteiger charge is 2.19. The Kier molecular flexibility index (Phi) is 4.23. The van der Waals surface area contributed by atoms with E-state index in [0.29, 0.717) is 23.9 Å². The van der Waals surface area contributed by atoms with Crippen LogP contribution in [-0.2, 0) is 6.42 Å². The number of carboxylic acid groups (broad SMARTS) is 1. The third-order valence-electron chi connectivity index (χ3n) is 3.20. The minimum Gasteiger partial charge on any atom is -0.475 e. The van der Waals surface area contributed by atoms with Gasteiger partial charge in [-0.15, -0.1) is 0 Å². The minimum absolute atomic E-state index is 0.0465. The Hall–Kier alpha value is -2.10. The van der Waals surface area contributed by atoms with Crippen LogP contribution in [0, 0.1) is 0 Å². The number of oxazole rings is 1. The van der Waals surface area contributed by atoms with E-state index in [2.05, 4.69) is 18.8 Å². The smallest absolute Gasteiger partial charge is 0.373 e. The summed E-state index contributed by atoms with van der Waals surface area (Å²) in [6, 6.07) is 7.87. The lowest BCUT2D eigenvalue weighted by Crippen LogP contribution is -1.99. The molecule has 0 bridgehead atoms. The number of benzene rings is 1. The lowest BCUT2D eigenvalue weighted by molar-refractivity contribution is 0.0661. The number of carboxylic acids is 1. The SMILES string of the molecule is CCCc1nc(-c2ccc(C(C)C)cc2)oc1C(=O)O. The van der Waals surface area contributed by atoms with Gasteiger partial charge in [-0.1, -0.05) is 39.3 Å². The molecule has 0 fully saturated rings. The first-order valence-corrected chi connectivity index (χ1v) is 6.86. The number of rotatable bonds is 5. The Balaban J connectivity index is 2.37. The molecule has 106 valence electrons. The van der Waals surface area contributed by atoms with Gasteiger partial charge in [0.2, 0.25) is 11.7 Å². The molecule has 0 radical (unpaired) electrons. The van der Waals surface area contributed by atoms with Crippen LogP contribution in [0.4, 0.5) is 0 Å². The van der Waals surface area contributed by atoms with Crippen LogP contribution < -0.4 is 0 Å². The van der Waals surface area contributed by atoms with Crippen molar-refractivity contribution in [3.05, 3.63) is 41.3 Å². The van der Waals surface area contributed by atoms with Gasteiger partial charge >= 0.3 is 5.97 Å². The number of nitrogens with zero attached hydrogens (tertiary/aromatic N) is 1. The number of aryl methyl sites for hydroxylation is 1. The van der Waals surface area contributed by atoms with E-state index in [9.17, 15) is 4.79 Å². The molecule has 1 heterocycles. The van der Waals surface area contributed by atoms with Gasteiger partial charge in [0.1, 0.15) is 0 Å². The Morgan fingerprint density at radius 1 is 1.30 bits per heavy atom. The van der Waals surface area contributed by atoms with Crippen LogP contribution in [0.1, 0.15) is 54.9 Å². The van der Waals surface area contributed by atoms with E-state index in [1.165, 1.54) is 5.56 Å². The highest BCUT2D eigenvalue weighted by Crippen LogP contribution is 2.25. The molecule has 2 rings (SSSR count). The summed E-state index contributed by atoms with van der Waals surface area (Å²) in [5.41, 5.74) is 2.55. The third-order valence-corrected chi connectivity index (χ3v) is 3.20. The maximum absolute atomic E-state index is 11.2. The first-order valence-electron chi connectivity index (χ1n) is 6.86. The van der Waals surface area contributed by atoms with Crippen LogP contribution in [0.5, 0.6) is 0 Å². The lowest BCUT2D eigenvalue weighted by atomic mass is 10.0. The normalized spacial score (nSPS) is 11.0. The van der Waals surface area contributed by atoms with Gasteiger partial charge in [-0.2, -0.15) is 0 Å². The number of carbonyl (C=O) groups is 1. The zero-order valence-corrected chi connectivity index (χ0v) is 12.0. The third kappa shape index (κ3) is 2.90. The Labute approximate surface area is 118 Å². The van der Waals surface area contributed by atoms with Crippen LogP contribution in [0.2, 0.25) is 0 Å². The summed E-state index contributed by atoms with van der Waals surface area (Å²) >= 11 is 0. The fourth-order valence-corrected chi connectivity index (χ4v) is 2.06. The average molecular weight is 273 g/mol. The van der Waals surface area contributed by atoms with E-state index in [4.69, 9.17) is 9.52 Å². The number of hydrogen-bond acceptors (Lipinski definition) is 3. The van der Waals surface area contributed by atoms with Crippen molar-refractivity contribution in [2.45, 2.75) is 39.5 Å². The molecule has 4 nitrogen and oxygen atoms in total. The molecule has 0 saturated carbocycles. The molecule has 0 saturated heterocycles. The highest BCUT2D eigenvalue weighted by atomic mass is 16.4. The fourth-order valence-electron chi connectivity index (χ4n) is 2.06. The molecule has 0 aliphatic heterocycles. The van der Waals surface area contributed by atoms with Crippen LogP contribution in [0.25, 0.3) is 11.5 Å². The van der Waals surface area contributed by atoms with Gasteiger partial charge in [0.05, 0.1) is 5.69 Å². The number of aromatic carboxylic acids is 1. The molecular formula is C16H19NO3. The summed E-state index contributed by atoms with van der Waals surface area (Å²) in [5.74, 6) is -0.277. The van der Waals surface area contributed by atoms with E-state index in [-0.39, 0.29) is 5.76 Å². The first-order chi connectivity index (χ1) is 9.52. The quantitative estimate of drug-likeness (QED) is 0.890. The molecule has 0 unspecified atom stereocenters. The van der Waals surface area contributed by atoms with Crippen molar-refractivity contribution in [1.82, 2.24) is 4.98 Å². The number of aromatic nitrogens is 1. The van der Waals surface area contributed by atoms with Crippen LogP contribution in [-0.4, -0.2) is 16.1 Å². The molecule has 0 spiro atoms. The molecule has 0 aliphatic carbocycles. The molecule has 2 aromatic rings. The van der Waals surface area contributed by atoms with Gasteiger partial charge in [-0.25, -0.2) is 9.78 Å². The Morgan fingerprint density at radius 2 is 1.95 bits per heavy atom. The van der Waals surface area contributed by atoms with Crippen LogP contribution in [0.3, 0.4) is 0 Å². The van der Waals surface area contributed by atoms with Crippen molar-refractivity contribution in [2.24, 2.45) is 0 Å². The molecule has 1 N–H and O–H groups in total. The second kappa shape index (κ2) is 5.90. The molecule has 4 heteroatoms. The molecule has 1 aromatic heterocycles. The van der Waals surface area contributed by atoms with E-state index in [1.54, 1.807) is 0 Å². The molecule has 0 atom stereocenters. The molecule has 1 aromatic carbocycles. The van der Waals surface area contributed by atoms with E-state index in [0.717, 1.165) is 12.0 Å². The zero-order chi connectivity index (χ0) is 14.7. The lowest BCUT2D eigenvalue weighted by Gasteiger charge is -2.04. The topological polar surface area (TPSA) is 63.3 Å². The van der Waals surface area contributed by atoms with Crippen molar-refractivity contribution in [1.29, 1.82) is 0 Å². The van der Waals surface area contributed by atoms with Gasteiger partial charge in [0.15, 0.2) is 0 Å². The molecule has 20 heavy (non-hydrogen) atoms. The van der Waals surface area contributed by atoms with Gasteiger partial charge < -0.3 is 9.52 Å². The zero-order valence-electron chi connectivity index (χ0n) is 12.0. The molecule has 0 amide bonds. The monoisotopic (exact) mass is 273 g/mol. The highest BCUT2D eigenvalue weighted by molar-refractivity contribution is 5.86. The van der Waals surface area contributed by atoms with Crippen molar-refractivity contribution in [3.8, 4) is 11.5 Å². The maximum Gasteiger partial charge on any atom is 0.373 e. The maximum atomic E-state index is 11.2. The first kappa shape index (κ1) is 14.3. The van der Waals surface area contributed by atoms with Crippen molar-refractivity contribution < 1.29 is 14.3 Å². The fraction of sp³-hybridized carbons (Fsp3) is 0.375. The second-order valence-corrected chi connectivity index (χ2v) is 5.13. The summed E-state index contributed by atoms with van der Waals surface area (Å²) in [6.45, 7) is 6.24. The number of hydrogen-bond donors (Lipinski definition) is 1. The van der Waals surface area contributed by atoms with E-state index >= 15 is 0 Å². The largest absolute Gasteiger partial charge is 0.475 e. The van der Waals surface area contributed by atoms with Crippen molar-refractivity contribution in [2.75, 3.05) is 0 Å². The summed E-state index contributed by atoms with van der Waals surface area (Å²) in [7, 11) is 0. The molecular weight excluding hydrogens is 254 g/mol. The van der Waals surface area contributed by atoms with Crippen LogP contribution in [0.15, 0.2) is 28.7 Å². The van der Waals surface area contributed by atoms with E-state index in [1.807, 2.05) is 31.2 Å². The summed E-state index contributed by atoms with van der Waals surface area (Å²) in [5, 5.41) is 9.14. The minimum atomic E-state index is -1.06. The predicted octanol–water partition coefficient (Wildman–Crippen LogP) is 4.12. The molecule has 0 aliphatic rings. The standard InChI is InChI=1S/C16H19NO3/c1-4-5-13-14(16(18)19)20-15(17-13)12-8-6-11(7-9-12)10(2)3/h6-10H,4-5H2,1-3H3,(H,18,19). The van der Waals surface area contributed by atoms with Gasteiger partial charge in [-0.05, 0) is 30.0 Å². The predicted molar refractivity (Wildman–Crippen MR) is 77.0 cm³/mol. The summed E-state index contributed by atoms with van der Waals surface area (Å²) < 4.78 is 5.40. The van der Waals surface area contributed by atoms with Crippen molar-refractivity contribution >= 4 is 5.97 Å². The second-order valence-electron chi connectivity index (χ2n) is 5.13. The van der Waals surface area contributed by atoms with Crippen LogP contribution >= 0.6 is 0 Å². The Bertz CT molecular complexity index is 597. The van der Waals surface area contributed by atoms with Gasteiger partial charge in [-0.3, -0.25) is 0 Å².